The number of carboxylic acid groups (broad SMARTS) is 1. The number of rotatable bonds is 2. The van der Waals surface area contributed by atoms with Crippen LogP contribution in [0.4, 0.5) is 4.79 Å². The molecule has 22 heavy (non-hydrogen) atoms. The fourth-order valence-corrected chi connectivity index (χ4v) is 2.80. The molecule has 2 rings (SSSR count). The highest BCUT2D eigenvalue weighted by Crippen LogP contribution is 2.31. The van der Waals surface area contributed by atoms with Gasteiger partial charge in [-0.25, -0.2) is 9.59 Å². The first-order chi connectivity index (χ1) is 10.1. The number of halogens is 1. The van der Waals surface area contributed by atoms with Crippen molar-refractivity contribution in [3.8, 4) is 0 Å². The van der Waals surface area contributed by atoms with Crippen LogP contribution in [0.25, 0.3) is 0 Å². The zero-order chi connectivity index (χ0) is 16.5. The Labute approximate surface area is 134 Å². The number of ether oxygens (including phenoxy) is 1. The van der Waals surface area contributed by atoms with E-state index < -0.39 is 23.2 Å². The third-order valence-electron chi connectivity index (χ3n) is 3.63. The van der Waals surface area contributed by atoms with Crippen LogP contribution in [-0.2, 0) is 22.4 Å². The molecule has 1 aromatic rings. The second-order valence-electron chi connectivity index (χ2n) is 6.60. The minimum Gasteiger partial charge on any atom is -0.479 e. The lowest BCUT2D eigenvalue weighted by Gasteiger charge is -2.35. The maximum Gasteiger partial charge on any atom is 0.408 e. The monoisotopic (exact) mass is 325 g/mol. The number of carbonyl (C=O) groups is 2. The third kappa shape index (κ3) is 3.71. The lowest BCUT2D eigenvalue weighted by atomic mass is 9.78. The summed E-state index contributed by atoms with van der Waals surface area (Å²) in [5.41, 5.74) is -0.114. The van der Waals surface area contributed by atoms with Gasteiger partial charge in [0.05, 0.1) is 0 Å². The molecule has 1 aliphatic carbocycles. The maximum atomic E-state index is 12.0. The average molecular weight is 326 g/mol. The van der Waals surface area contributed by atoms with Gasteiger partial charge in [-0.3, -0.25) is 0 Å². The largest absolute Gasteiger partial charge is 0.479 e. The van der Waals surface area contributed by atoms with Crippen LogP contribution in [0, 0.1) is 0 Å². The van der Waals surface area contributed by atoms with E-state index in [0.29, 0.717) is 17.9 Å². The van der Waals surface area contributed by atoms with Gasteiger partial charge in [-0.2, -0.15) is 0 Å². The van der Waals surface area contributed by atoms with Crippen molar-refractivity contribution in [3.63, 3.8) is 0 Å². The average Bonchev–Trinajstić information content (AvgIpc) is 2.36. The minimum atomic E-state index is -1.34. The van der Waals surface area contributed by atoms with Crippen molar-refractivity contribution in [1.82, 2.24) is 5.32 Å². The highest BCUT2D eigenvalue weighted by molar-refractivity contribution is 6.30. The van der Waals surface area contributed by atoms with Crippen LogP contribution in [0.1, 0.15) is 38.3 Å². The molecule has 0 bridgehead atoms. The predicted molar refractivity (Wildman–Crippen MR) is 83.2 cm³/mol. The number of hydrogen-bond acceptors (Lipinski definition) is 3. The summed E-state index contributed by atoms with van der Waals surface area (Å²) in [6.45, 7) is 5.20. The Bertz CT molecular complexity index is 609. The number of carboxylic acids is 1. The Kier molecular flexibility index (Phi) is 4.38. The number of carbonyl (C=O) groups excluding carboxylic acids is 1. The van der Waals surface area contributed by atoms with Crippen molar-refractivity contribution in [2.75, 3.05) is 0 Å². The number of hydrogen-bond donors (Lipinski definition) is 2. The van der Waals surface area contributed by atoms with Gasteiger partial charge in [-0.15, -0.1) is 0 Å². The Morgan fingerprint density at radius 2 is 2.00 bits per heavy atom. The summed E-state index contributed by atoms with van der Waals surface area (Å²) < 4.78 is 5.19. The lowest BCUT2D eigenvalue weighted by molar-refractivity contribution is -0.145. The summed E-state index contributed by atoms with van der Waals surface area (Å²) in [6, 6.07) is 5.38. The van der Waals surface area contributed by atoms with Crippen LogP contribution in [0.5, 0.6) is 0 Å². The van der Waals surface area contributed by atoms with Gasteiger partial charge in [-0.1, -0.05) is 17.7 Å². The van der Waals surface area contributed by atoms with Crippen LogP contribution in [0.2, 0.25) is 5.02 Å². The summed E-state index contributed by atoms with van der Waals surface area (Å²) in [6.07, 6.45) is 0.341. The molecule has 6 heteroatoms. The van der Waals surface area contributed by atoms with E-state index >= 15 is 0 Å². The first-order valence-electron chi connectivity index (χ1n) is 7.13. The van der Waals surface area contributed by atoms with Crippen molar-refractivity contribution in [1.29, 1.82) is 0 Å². The first-order valence-corrected chi connectivity index (χ1v) is 7.51. The minimum absolute atomic E-state index is 0.216. The molecule has 0 saturated heterocycles. The molecule has 1 aromatic carbocycles. The van der Waals surface area contributed by atoms with Gasteiger partial charge < -0.3 is 15.2 Å². The van der Waals surface area contributed by atoms with E-state index in [9.17, 15) is 14.7 Å². The second kappa shape index (κ2) is 5.80. The molecule has 0 aromatic heterocycles. The van der Waals surface area contributed by atoms with Crippen molar-refractivity contribution < 1.29 is 19.4 Å². The summed E-state index contributed by atoms with van der Waals surface area (Å²) in [5.74, 6) is -1.06. The van der Waals surface area contributed by atoms with Gasteiger partial charge in [0.25, 0.3) is 0 Å². The van der Waals surface area contributed by atoms with Crippen LogP contribution >= 0.6 is 11.6 Å². The SMILES string of the molecule is CC(C)(C)OC(=O)NC1(C(=O)O)CCc2cc(Cl)ccc2C1. The molecule has 0 radical (unpaired) electrons. The Balaban J connectivity index is 2.23. The number of aliphatic carboxylic acids is 1. The first kappa shape index (κ1) is 16.6. The van der Waals surface area contributed by atoms with Crippen LogP contribution in [-0.4, -0.2) is 28.3 Å². The summed E-state index contributed by atoms with van der Waals surface area (Å²) in [4.78, 5) is 23.7. The molecule has 1 unspecified atom stereocenters. The van der Waals surface area contributed by atoms with Crippen molar-refractivity contribution in [2.24, 2.45) is 0 Å². The molecule has 5 nitrogen and oxygen atoms in total. The molecule has 1 aliphatic rings. The summed E-state index contributed by atoms with van der Waals surface area (Å²) in [7, 11) is 0. The molecule has 2 N–H and O–H groups in total. The number of benzene rings is 1. The fourth-order valence-electron chi connectivity index (χ4n) is 2.60. The van der Waals surface area contributed by atoms with E-state index in [1.165, 1.54) is 0 Å². The number of nitrogens with one attached hydrogen (secondary N) is 1. The van der Waals surface area contributed by atoms with E-state index in [1.54, 1.807) is 26.8 Å². The quantitative estimate of drug-likeness (QED) is 0.875. The Morgan fingerprint density at radius 3 is 2.59 bits per heavy atom. The van der Waals surface area contributed by atoms with Gasteiger partial charge in [0.1, 0.15) is 11.1 Å². The van der Waals surface area contributed by atoms with Gasteiger partial charge in [0.2, 0.25) is 0 Å². The van der Waals surface area contributed by atoms with Crippen LogP contribution < -0.4 is 5.32 Å². The Morgan fingerprint density at radius 1 is 1.32 bits per heavy atom. The smallest absolute Gasteiger partial charge is 0.408 e. The second-order valence-corrected chi connectivity index (χ2v) is 7.04. The maximum absolute atomic E-state index is 12.0. The number of alkyl carbamates (subject to hydrolysis) is 1. The van der Waals surface area contributed by atoms with Crippen molar-refractivity contribution in [3.05, 3.63) is 34.3 Å². The van der Waals surface area contributed by atoms with Gasteiger partial charge in [-0.05, 0) is 56.9 Å². The highest BCUT2D eigenvalue weighted by atomic mass is 35.5. The normalized spacial score (nSPS) is 20.9. The molecule has 0 fully saturated rings. The molecule has 0 heterocycles. The predicted octanol–water partition coefficient (Wildman–Crippen LogP) is 3.18. The molecular formula is C16H20ClNO4. The topological polar surface area (TPSA) is 75.6 Å². The van der Waals surface area contributed by atoms with Crippen molar-refractivity contribution in [2.45, 2.75) is 51.2 Å². The molecular weight excluding hydrogens is 306 g/mol. The van der Waals surface area contributed by atoms with Crippen LogP contribution in [0.3, 0.4) is 0 Å². The molecule has 0 aliphatic heterocycles. The Hall–Kier alpha value is -1.75. The molecule has 0 spiro atoms. The molecule has 0 saturated carbocycles. The zero-order valence-electron chi connectivity index (χ0n) is 12.9. The fraction of sp³-hybridized carbons (Fsp3) is 0.500. The van der Waals surface area contributed by atoms with Crippen molar-refractivity contribution >= 4 is 23.7 Å². The number of aryl methyl sites for hydroxylation is 1. The standard InChI is InChI=1S/C16H20ClNO4/c1-15(2,3)22-14(21)18-16(13(19)20)7-6-10-8-12(17)5-4-11(10)9-16/h4-5,8H,6-7,9H2,1-3H3,(H,18,21)(H,19,20). The number of amides is 1. The molecule has 120 valence electrons. The third-order valence-corrected chi connectivity index (χ3v) is 3.87. The molecule has 1 atom stereocenters. The van der Waals surface area contributed by atoms with Gasteiger partial charge >= 0.3 is 12.1 Å². The lowest BCUT2D eigenvalue weighted by Crippen LogP contribution is -2.58. The van der Waals surface area contributed by atoms with E-state index in [-0.39, 0.29) is 6.42 Å². The zero-order valence-corrected chi connectivity index (χ0v) is 13.7. The van der Waals surface area contributed by atoms with E-state index in [0.717, 1.165) is 11.1 Å². The summed E-state index contributed by atoms with van der Waals surface area (Å²) >= 11 is 5.96. The van der Waals surface area contributed by atoms with E-state index in [2.05, 4.69) is 5.32 Å². The molecule has 1 amide bonds. The van der Waals surface area contributed by atoms with E-state index in [1.807, 2.05) is 12.1 Å². The van der Waals surface area contributed by atoms with E-state index in [4.69, 9.17) is 16.3 Å². The highest BCUT2D eigenvalue weighted by Gasteiger charge is 2.43. The van der Waals surface area contributed by atoms with Gasteiger partial charge in [0.15, 0.2) is 0 Å². The van der Waals surface area contributed by atoms with Gasteiger partial charge in [0, 0.05) is 11.4 Å². The summed E-state index contributed by atoms with van der Waals surface area (Å²) in [5, 5.41) is 12.8. The number of fused-ring (bicyclic) bond motifs is 1. The van der Waals surface area contributed by atoms with Crippen LogP contribution in [0.15, 0.2) is 18.2 Å².